The zero-order valence-corrected chi connectivity index (χ0v) is 20.6. The first-order valence-corrected chi connectivity index (χ1v) is 12.9. The van der Waals surface area contributed by atoms with Gasteiger partial charge in [-0.3, -0.25) is 23.7 Å². The van der Waals surface area contributed by atoms with Crippen LogP contribution in [0.4, 0.5) is 0 Å². The van der Waals surface area contributed by atoms with E-state index in [4.69, 9.17) is 18.5 Å². The summed E-state index contributed by atoms with van der Waals surface area (Å²) in [6.07, 6.45) is -1.20. The van der Waals surface area contributed by atoms with Crippen LogP contribution in [0, 0.1) is 0 Å². The standard InChI is InChI=1S/C22H28N3O10P/c1-14(19(28)31-2)24-36(30,35-15-7-4-3-5-8-15)33-13-16-18(27)22(10-6-12-32-22)20(34-16)25-11-9-17(26)23-21(25)29/h3-5,7-9,11,14,16,18,20,27H,6,10,12-13H2,1-2H3,(H,24,30)(H,23,26,29)/t14-,16+,18+,20+,22-,36?/m0/s1. The molecule has 6 atom stereocenters. The summed E-state index contributed by atoms with van der Waals surface area (Å²) in [4.78, 5) is 38.1. The van der Waals surface area contributed by atoms with Gasteiger partial charge in [-0.1, -0.05) is 18.2 Å². The van der Waals surface area contributed by atoms with Crippen molar-refractivity contribution in [1.29, 1.82) is 0 Å². The van der Waals surface area contributed by atoms with Crippen molar-refractivity contribution >= 4 is 13.7 Å². The highest BCUT2D eigenvalue weighted by Gasteiger charge is 2.60. The van der Waals surface area contributed by atoms with Gasteiger partial charge in [0.25, 0.3) is 5.56 Å². The Morgan fingerprint density at radius 2 is 2.08 bits per heavy atom. The van der Waals surface area contributed by atoms with Crippen LogP contribution < -0.4 is 20.9 Å². The number of nitrogens with zero attached hydrogens (tertiary/aromatic N) is 1. The van der Waals surface area contributed by atoms with Crippen LogP contribution in [0.5, 0.6) is 5.75 Å². The molecule has 1 unspecified atom stereocenters. The van der Waals surface area contributed by atoms with Gasteiger partial charge in [-0.15, -0.1) is 0 Å². The summed E-state index contributed by atoms with van der Waals surface area (Å²) < 4.78 is 42.5. The van der Waals surface area contributed by atoms with Gasteiger partial charge in [0.15, 0.2) is 6.23 Å². The molecule has 0 aliphatic carbocycles. The van der Waals surface area contributed by atoms with Crippen molar-refractivity contribution in [1.82, 2.24) is 14.6 Å². The molecule has 2 aliphatic heterocycles. The van der Waals surface area contributed by atoms with Crippen LogP contribution in [0.3, 0.4) is 0 Å². The van der Waals surface area contributed by atoms with Crippen LogP contribution in [0.25, 0.3) is 0 Å². The Morgan fingerprint density at radius 3 is 2.72 bits per heavy atom. The van der Waals surface area contributed by atoms with E-state index in [1.165, 1.54) is 20.2 Å². The third kappa shape index (κ3) is 5.31. The number of aliphatic hydroxyl groups excluding tert-OH is 1. The summed E-state index contributed by atoms with van der Waals surface area (Å²) in [5, 5.41) is 13.7. The predicted molar refractivity (Wildman–Crippen MR) is 124 cm³/mol. The average molecular weight is 525 g/mol. The number of carbonyl (C=O) groups is 1. The SMILES string of the molecule is COC(=O)[C@H](C)NP(=O)(OC[C@H]1O[C@@H](n2ccc(=O)[nH]c2=O)[C@]2(CCCO2)[C@@H]1O)Oc1ccccc1. The van der Waals surface area contributed by atoms with Crippen molar-refractivity contribution in [2.45, 2.75) is 49.8 Å². The van der Waals surface area contributed by atoms with Gasteiger partial charge in [-0.2, -0.15) is 5.09 Å². The smallest absolute Gasteiger partial charge is 0.459 e. The van der Waals surface area contributed by atoms with E-state index in [1.807, 2.05) is 0 Å². The number of carbonyl (C=O) groups excluding carboxylic acids is 1. The first-order valence-electron chi connectivity index (χ1n) is 11.3. The summed E-state index contributed by atoms with van der Waals surface area (Å²) in [5.74, 6) is -0.477. The van der Waals surface area contributed by atoms with E-state index in [9.17, 15) is 24.1 Å². The Bertz CT molecular complexity index is 1230. The second-order valence-corrected chi connectivity index (χ2v) is 10.2. The molecule has 0 bridgehead atoms. The van der Waals surface area contributed by atoms with Crippen molar-refractivity contribution in [3.63, 3.8) is 0 Å². The Morgan fingerprint density at radius 1 is 1.33 bits per heavy atom. The summed E-state index contributed by atoms with van der Waals surface area (Å²) in [6.45, 7) is 1.32. The third-order valence-corrected chi connectivity index (χ3v) is 7.69. The minimum Gasteiger partial charge on any atom is -0.468 e. The average Bonchev–Trinajstić information content (AvgIpc) is 3.44. The fourth-order valence-electron chi connectivity index (χ4n) is 4.32. The number of para-hydroxylation sites is 1. The molecule has 0 radical (unpaired) electrons. The number of methoxy groups -OCH3 is 1. The van der Waals surface area contributed by atoms with Gasteiger partial charge in [-0.05, 0) is 31.9 Å². The highest BCUT2D eigenvalue weighted by atomic mass is 31.2. The molecular weight excluding hydrogens is 497 g/mol. The summed E-state index contributed by atoms with van der Waals surface area (Å²) in [7, 11) is -3.01. The monoisotopic (exact) mass is 525 g/mol. The highest BCUT2D eigenvalue weighted by Crippen LogP contribution is 2.49. The topological polar surface area (TPSA) is 167 Å². The lowest BCUT2D eigenvalue weighted by Crippen LogP contribution is -2.48. The fourth-order valence-corrected chi connectivity index (χ4v) is 5.82. The lowest BCUT2D eigenvalue weighted by molar-refractivity contribution is -0.142. The largest absolute Gasteiger partial charge is 0.468 e. The van der Waals surface area contributed by atoms with E-state index in [0.717, 1.165) is 10.6 Å². The molecule has 1 aromatic carbocycles. The zero-order chi connectivity index (χ0) is 25.9. The van der Waals surface area contributed by atoms with E-state index in [2.05, 4.69) is 14.8 Å². The number of hydrogen-bond donors (Lipinski definition) is 3. The number of H-pyrrole nitrogens is 1. The molecule has 36 heavy (non-hydrogen) atoms. The summed E-state index contributed by atoms with van der Waals surface area (Å²) >= 11 is 0. The van der Waals surface area contributed by atoms with Crippen molar-refractivity contribution in [2.75, 3.05) is 20.3 Å². The lowest BCUT2D eigenvalue weighted by Gasteiger charge is -2.32. The first-order chi connectivity index (χ1) is 17.2. The molecule has 4 rings (SSSR count). The van der Waals surface area contributed by atoms with Gasteiger partial charge in [0.1, 0.15) is 29.6 Å². The van der Waals surface area contributed by atoms with Crippen LogP contribution in [-0.4, -0.2) is 64.8 Å². The van der Waals surface area contributed by atoms with Gasteiger partial charge in [0.05, 0.1) is 13.7 Å². The van der Waals surface area contributed by atoms with E-state index < -0.39 is 61.7 Å². The molecule has 3 heterocycles. The number of aromatic nitrogens is 2. The van der Waals surface area contributed by atoms with Crippen molar-refractivity contribution in [3.05, 3.63) is 63.4 Å². The lowest BCUT2D eigenvalue weighted by atomic mass is 9.91. The molecule has 2 aliphatic rings. The number of rotatable bonds is 9. The maximum Gasteiger partial charge on any atom is 0.459 e. The molecule has 1 spiro atoms. The molecule has 0 amide bonds. The van der Waals surface area contributed by atoms with Gasteiger partial charge >= 0.3 is 19.4 Å². The Labute approximate surface area is 205 Å². The number of nitrogens with one attached hydrogen (secondary N) is 2. The predicted octanol–water partition coefficient (Wildman–Crippen LogP) is 0.699. The van der Waals surface area contributed by atoms with Gasteiger partial charge in [0, 0.05) is 18.9 Å². The number of aromatic amines is 1. The second kappa shape index (κ2) is 10.7. The summed E-state index contributed by atoms with van der Waals surface area (Å²) in [6, 6.07) is 8.30. The Kier molecular flexibility index (Phi) is 7.79. The molecule has 2 fully saturated rings. The number of hydrogen-bond acceptors (Lipinski definition) is 10. The van der Waals surface area contributed by atoms with Crippen molar-refractivity contribution < 1.29 is 37.7 Å². The molecule has 3 N–H and O–H groups in total. The molecule has 1 aromatic heterocycles. The Hall–Kier alpha value is -2.80. The number of ether oxygens (including phenoxy) is 3. The maximum atomic E-state index is 13.6. The highest BCUT2D eigenvalue weighted by molar-refractivity contribution is 7.52. The molecular formula is C22H28N3O10P. The van der Waals surface area contributed by atoms with E-state index in [1.54, 1.807) is 30.3 Å². The number of aliphatic hydroxyl groups is 1. The fraction of sp³-hybridized carbons (Fsp3) is 0.500. The molecule has 2 aromatic rings. The van der Waals surface area contributed by atoms with Crippen LogP contribution >= 0.6 is 7.75 Å². The zero-order valence-electron chi connectivity index (χ0n) is 19.7. The van der Waals surface area contributed by atoms with E-state index >= 15 is 0 Å². The van der Waals surface area contributed by atoms with Gasteiger partial charge in [-0.25, -0.2) is 9.36 Å². The van der Waals surface area contributed by atoms with Crippen LogP contribution in [0.2, 0.25) is 0 Å². The summed E-state index contributed by atoms with van der Waals surface area (Å²) in [5.41, 5.74) is -2.60. The Balaban J connectivity index is 1.57. The molecule has 0 saturated carbocycles. The van der Waals surface area contributed by atoms with Crippen LogP contribution in [0.15, 0.2) is 52.2 Å². The molecule has 14 heteroatoms. The third-order valence-electron chi connectivity index (χ3n) is 6.05. The van der Waals surface area contributed by atoms with Crippen molar-refractivity contribution in [3.8, 4) is 5.75 Å². The van der Waals surface area contributed by atoms with Gasteiger partial charge in [0.2, 0.25) is 0 Å². The number of benzene rings is 1. The van der Waals surface area contributed by atoms with E-state index in [-0.39, 0.29) is 5.75 Å². The quantitative estimate of drug-likeness (QED) is 0.311. The normalized spacial score (nSPS) is 28.0. The van der Waals surface area contributed by atoms with E-state index in [0.29, 0.717) is 19.4 Å². The van der Waals surface area contributed by atoms with Gasteiger partial charge < -0.3 is 23.8 Å². The van der Waals surface area contributed by atoms with Crippen LogP contribution in [0.1, 0.15) is 26.0 Å². The molecule has 2 saturated heterocycles. The molecule has 13 nitrogen and oxygen atoms in total. The van der Waals surface area contributed by atoms with Crippen molar-refractivity contribution in [2.24, 2.45) is 0 Å². The number of esters is 1. The molecule has 196 valence electrons. The minimum absolute atomic E-state index is 0.214. The first kappa shape index (κ1) is 26.3. The van der Waals surface area contributed by atoms with Crippen LogP contribution in [-0.2, 0) is 28.1 Å². The second-order valence-electron chi connectivity index (χ2n) is 8.47. The maximum absolute atomic E-state index is 13.6. The minimum atomic E-state index is -4.19.